The smallest absolute Gasteiger partial charge is 0.227 e. The van der Waals surface area contributed by atoms with Gasteiger partial charge >= 0.3 is 0 Å². The van der Waals surface area contributed by atoms with Gasteiger partial charge in [-0.2, -0.15) is 4.98 Å². The molecule has 2 rings (SSSR count). The summed E-state index contributed by atoms with van der Waals surface area (Å²) < 4.78 is 39.6. The summed E-state index contributed by atoms with van der Waals surface area (Å²) in [6, 6.07) is 1.54. The van der Waals surface area contributed by atoms with Gasteiger partial charge in [0.25, 0.3) is 0 Å². The molecule has 2 heterocycles. The summed E-state index contributed by atoms with van der Waals surface area (Å²) in [6.07, 6.45) is -0.572. The molecule has 0 bridgehead atoms. The largest absolute Gasteiger partial charge is 0.384 e. The number of hydrogen-bond donors (Lipinski definition) is 1. The van der Waals surface area contributed by atoms with Crippen molar-refractivity contribution in [2.24, 2.45) is 0 Å². The molecular weight excluding hydrogens is 211 g/mol. The number of rotatable bonds is 2. The van der Waals surface area contributed by atoms with Crippen molar-refractivity contribution in [1.29, 1.82) is 0 Å². The minimum atomic E-state index is -2.58. The summed E-state index contributed by atoms with van der Waals surface area (Å²) in [5, 5.41) is 0. The predicted octanol–water partition coefficient (Wildman–Crippen LogP) is 0.622. The number of nitrogens with zero attached hydrogens (tertiary/aromatic N) is 3. The maximum Gasteiger partial charge on any atom is 0.227 e. The van der Waals surface area contributed by atoms with Gasteiger partial charge in [-0.25, -0.2) is 9.37 Å². The molecule has 5 nitrogen and oxygen atoms in total. The molecule has 1 aromatic rings. The fourth-order valence-corrected chi connectivity index (χ4v) is 1.71. The van der Waals surface area contributed by atoms with Gasteiger partial charge in [0.2, 0.25) is 5.95 Å². The molecule has 88 valence electrons. The lowest BCUT2D eigenvalue weighted by Crippen LogP contribution is -2.46. The topological polar surface area (TPSA) is 64.3 Å². The van der Waals surface area contributed by atoms with Crippen molar-refractivity contribution in [2.75, 3.05) is 30.8 Å². The second-order valence-electron chi connectivity index (χ2n) is 3.69. The molecule has 1 saturated heterocycles. The summed E-state index contributed by atoms with van der Waals surface area (Å²) in [7, 11) is -2.58. The number of nitrogens with two attached hydrogens (primary N) is 1. The van der Waals surface area contributed by atoms with Gasteiger partial charge in [0.15, 0.2) is 0 Å². The molecule has 1 aliphatic rings. The SMILES string of the molecule is [2H]C([2H])([2H])O[C@H]1CCN(c2nccc(N)n2)C[C@H]1F. The first-order chi connectivity index (χ1) is 8.85. The minimum Gasteiger partial charge on any atom is -0.384 e. The molecule has 16 heavy (non-hydrogen) atoms. The van der Waals surface area contributed by atoms with Crippen molar-refractivity contribution in [2.45, 2.75) is 18.7 Å². The zero-order valence-corrected chi connectivity index (χ0v) is 8.64. The van der Waals surface area contributed by atoms with Crippen LogP contribution in [0.25, 0.3) is 0 Å². The van der Waals surface area contributed by atoms with Crippen LogP contribution in [0.1, 0.15) is 10.5 Å². The number of aromatic nitrogens is 2. The van der Waals surface area contributed by atoms with Crippen LogP contribution in [0.15, 0.2) is 12.3 Å². The van der Waals surface area contributed by atoms with Crippen LogP contribution in [-0.2, 0) is 4.74 Å². The summed E-state index contributed by atoms with van der Waals surface area (Å²) in [5.41, 5.74) is 5.54. The Morgan fingerprint density at radius 1 is 1.75 bits per heavy atom. The molecule has 0 spiro atoms. The summed E-state index contributed by atoms with van der Waals surface area (Å²) >= 11 is 0. The maximum atomic E-state index is 13.9. The van der Waals surface area contributed by atoms with Gasteiger partial charge in [-0.3, -0.25) is 0 Å². The zero-order chi connectivity index (χ0) is 14.0. The van der Waals surface area contributed by atoms with Gasteiger partial charge in [0, 0.05) is 19.8 Å². The molecule has 2 atom stereocenters. The van der Waals surface area contributed by atoms with E-state index in [0.29, 0.717) is 18.3 Å². The van der Waals surface area contributed by atoms with E-state index in [4.69, 9.17) is 14.6 Å². The number of ether oxygens (including phenoxy) is 1. The van der Waals surface area contributed by atoms with Crippen molar-refractivity contribution >= 4 is 11.8 Å². The van der Waals surface area contributed by atoms with E-state index in [0.717, 1.165) is 0 Å². The Kier molecular flexibility index (Phi) is 2.24. The Bertz CT molecular complexity index is 445. The Morgan fingerprint density at radius 3 is 3.31 bits per heavy atom. The molecule has 0 unspecified atom stereocenters. The molecule has 0 amide bonds. The lowest BCUT2D eigenvalue weighted by Gasteiger charge is -2.33. The number of hydrogen-bond acceptors (Lipinski definition) is 5. The first kappa shape index (κ1) is 7.78. The van der Waals surface area contributed by atoms with Crippen LogP contribution in [0.4, 0.5) is 16.2 Å². The Balaban J connectivity index is 2.00. The van der Waals surface area contributed by atoms with Crippen LogP contribution in [0.2, 0.25) is 0 Å². The monoisotopic (exact) mass is 229 g/mol. The van der Waals surface area contributed by atoms with Crippen molar-refractivity contribution < 1.29 is 13.2 Å². The molecule has 0 aromatic carbocycles. The van der Waals surface area contributed by atoms with Crippen LogP contribution in [-0.4, -0.2) is 42.4 Å². The van der Waals surface area contributed by atoms with E-state index >= 15 is 0 Å². The maximum absolute atomic E-state index is 13.9. The second kappa shape index (κ2) is 4.61. The van der Waals surface area contributed by atoms with E-state index in [9.17, 15) is 4.39 Å². The van der Waals surface area contributed by atoms with Crippen LogP contribution >= 0.6 is 0 Å². The fraction of sp³-hybridized carbons (Fsp3) is 0.600. The van der Waals surface area contributed by atoms with E-state index in [1.165, 1.54) is 6.20 Å². The predicted molar refractivity (Wildman–Crippen MR) is 59.0 cm³/mol. The number of nitrogen functional groups attached to an aromatic ring is 1. The first-order valence-corrected chi connectivity index (χ1v) is 5.00. The van der Waals surface area contributed by atoms with Gasteiger partial charge in [0.05, 0.1) is 16.8 Å². The number of anilines is 2. The molecule has 0 radical (unpaired) electrons. The standard InChI is InChI=1S/C10H15FN4O/c1-16-8-3-5-15(6-7(8)11)10-13-4-2-9(12)14-10/h2,4,7-8H,3,5-6H2,1H3,(H2,12,13,14)/t7-,8+/m1/s1/i1D3. The van der Waals surface area contributed by atoms with Gasteiger partial charge in [0.1, 0.15) is 12.0 Å². The number of piperidine rings is 1. The molecule has 1 aromatic heterocycles. The second-order valence-corrected chi connectivity index (χ2v) is 3.69. The van der Waals surface area contributed by atoms with Crippen molar-refractivity contribution in [1.82, 2.24) is 9.97 Å². The third kappa shape index (κ3) is 2.21. The number of alkyl halides is 1. The normalized spacial score (nSPS) is 29.3. The number of halogens is 1. The Hall–Kier alpha value is -1.43. The first-order valence-electron chi connectivity index (χ1n) is 6.50. The third-order valence-electron chi connectivity index (χ3n) is 2.58. The number of methoxy groups -OCH3 is 1. The summed E-state index contributed by atoms with van der Waals surface area (Å²) in [4.78, 5) is 9.64. The fourth-order valence-electron chi connectivity index (χ4n) is 1.71. The van der Waals surface area contributed by atoms with E-state index in [1.807, 2.05) is 0 Å². The van der Waals surface area contributed by atoms with Crippen LogP contribution in [0.3, 0.4) is 0 Å². The quantitative estimate of drug-likeness (QED) is 0.805. The van der Waals surface area contributed by atoms with Crippen molar-refractivity contribution in [3.63, 3.8) is 0 Å². The van der Waals surface area contributed by atoms with E-state index in [1.54, 1.807) is 11.0 Å². The molecule has 1 fully saturated rings. The van der Waals surface area contributed by atoms with E-state index in [-0.39, 0.29) is 13.0 Å². The molecule has 6 heteroatoms. The third-order valence-corrected chi connectivity index (χ3v) is 2.58. The average molecular weight is 229 g/mol. The minimum absolute atomic E-state index is 0.00972. The van der Waals surface area contributed by atoms with Crippen LogP contribution in [0.5, 0.6) is 0 Å². The Labute approximate surface area is 97.6 Å². The molecular formula is C10H15FN4O. The highest BCUT2D eigenvalue weighted by Gasteiger charge is 2.30. The van der Waals surface area contributed by atoms with Crippen molar-refractivity contribution in [3.05, 3.63) is 12.3 Å². The molecule has 0 aliphatic carbocycles. The van der Waals surface area contributed by atoms with E-state index < -0.39 is 19.3 Å². The van der Waals surface area contributed by atoms with Gasteiger partial charge in [-0.05, 0) is 12.5 Å². The van der Waals surface area contributed by atoms with Crippen molar-refractivity contribution in [3.8, 4) is 0 Å². The zero-order valence-electron chi connectivity index (χ0n) is 11.6. The average Bonchev–Trinajstić information content (AvgIpc) is 2.30. The highest BCUT2D eigenvalue weighted by Crippen LogP contribution is 2.20. The van der Waals surface area contributed by atoms with Crippen LogP contribution < -0.4 is 10.6 Å². The van der Waals surface area contributed by atoms with Gasteiger partial charge < -0.3 is 15.4 Å². The molecule has 1 aliphatic heterocycles. The summed E-state index contributed by atoms with van der Waals surface area (Å²) in [5.74, 6) is 0.649. The highest BCUT2D eigenvalue weighted by molar-refractivity contribution is 5.38. The van der Waals surface area contributed by atoms with E-state index in [2.05, 4.69) is 9.97 Å². The summed E-state index contributed by atoms with van der Waals surface area (Å²) in [6.45, 7) is 0.412. The molecule has 0 saturated carbocycles. The van der Waals surface area contributed by atoms with Gasteiger partial charge in [-0.15, -0.1) is 0 Å². The highest BCUT2D eigenvalue weighted by atomic mass is 19.1. The Morgan fingerprint density at radius 2 is 2.62 bits per heavy atom. The lowest BCUT2D eigenvalue weighted by atomic mass is 10.1. The van der Waals surface area contributed by atoms with Gasteiger partial charge in [-0.1, -0.05) is 0 Å². The molecule has 2 N–H and O–H groups in total. The lowest BCUT2D eigenvalue weighted by molar-refractivity contribution is 0.0194. The van der Waals surface area contributed by atoms with Crippen LogP contribution in [0, 0.1) is 0 Å².